The third kappa shape index (κ3) is 7.35. The second kappa shape index (κ2) is 14.1. The van der Waals surface area contributed by atoms with Crippen molar-refractivity contribution >= 4 is 35.0 Å². The van der Waals surface area contributed by atoms with Crippen LogP contribution in [0.1, 0.15) is 62.0 Å². The van der Waals surface area contributed by atoms with Crippen molar-refractivity contribution in [2.45, 2.75) is 68.9 Å². The molecule has 40 heavy (non-hydrogen) atoms. The number of nitrogens with one attached hydrogen (secondary N) is 1. The fraction of sp³-hybridized carbons (Fsp3) is 0.581. The van der Waals surface area contributed by atoms with Crippen LogP contribution in [0.3, 0.4) is 0 Å². The van der Waals surface area contributed by atoms with Crippen LogP contribution in [-0.4, -0.2) is 90.4 Å². The Kier molecular flexibility index (Phi) is 10.9. The number of hydrogen-bond donors (Lipinski definition) is 1. The molecule has 1 aromatic carbocycles. The van der Waals surface area contributed by atoms with Crippen LogP contribution in [0.2, 0.25) is 10.0 Å². The number of carbonyl (C=O) groups is 2. The molecule has 2 saturated heterocycles. The number of nitrogens with zero attached hydrogens (tertiary/aromatic N) is 4. The van der Waals surface area contributed by atoms with Crippen molar-refractivity contribution in [3.05, 3.63) is 63.9 Å². The summed E-state index contributed by atoms with van der Waals surface area (Å²) in [4.78, 5) is 37.0. The van der Waals surface area contributed by atoms with E-state index in [-0.39, 0.29) is 17.7 Å². The average molecular weight is 589 g/mol. The molecule has 0 aliphatic carbocycles. The summed E-state index contributed by atoms with van der Waals surface area (Å²) in [5.74, 6) is 0.391. The Bertz CT molecular complexity index is 1140. The maximum Gasteiger partial charge on any atom is 0.242 e. The molecule has 2 amide bonds. The lowest BCUT2D eigenvalue weighted by Gasteiger charge is -2.51. The van der Waals surface area contributed by atoms with Gasteiger partial charge in [-0.25, -0.2) is 0 Å². The van der Waals surface area contributed by atoms with Crippen LogP contribution < -0.4 is 5.32 Å². The van der Waals surface area contributed by atoms with Gasteiger partial charge in [0.15, 0.2) is 0 Å². The van der Waals surface area contributed by atoms with E-state index in [1.165, 1.54) is 6.42 Å². The van der Waals surface area contributed by atoms with Crippen LogP contribution in [0, 0.1) is 0 Å². The highest BCUT2D eigenvalue weighted by molar-refractivity contribution is 6.42. The molecule has 7 nitrogen and oxygen atoms in total. The van der Waals surface area contributed by atoms with E-state index in [4.69, 9.17) is 23.2 Å². The average Bonchev–Trinajstić information content (AvgIpc) is 2.97. The number of carbonyl (C=O) groups excluding carboxylic acids is 2. The Labute approximate surface area is 249 Å². The lowest BCUT2D eigenvalue weighted by molar-refractivity contribution is -0.148. The van der Waals surface area contributed by atoms with Gasteiger partial charge >= 0.3 is 0 Å². The standard InChI is InChI=1S/C31H43Cl2N5O2/c1-36(2)30(40)31(13-17-35-18-14-31)38-19-5-4-6-26(38)9-7-25(24-8-10-27(32)28(33)21-24)22-37(3)29(39)20-23-11-15-34-16-12-23/h8,10-12,15-16,21,25-26,35H,4-7,9,13-14,17-20,22H2,1-3H3. The molecule has 2 aliphatic rings. The molecule has 9 heteroatoms. The number of rotatable bonds is 10. The molecule has 1 N–H and O–H groups in total. The molecule has 3 heterocycles. The predicted octanol–water partition coefficient (Wildman–Crippen LogP) is 5.02. The van der Waals surface area contributed by atoms with E-state index < -0.39 is 5.54 Å². The Morgan fingerprint density at radius 1 is 1.07 bits per heavy atom. The number of halogens is 2. The molecular formula is C31H43Cl2N5O2. The van der Waals surface area contributed by atoms with Gasteiger partial charge in [0.25, 0.3) is 0 Å². The van der Waals surface area contributed by atoms with Crippen LogP contribution in [0.5, 0.6) is 0 Å². The van der Waals surface area contributed by atoms with E-state index in [9.17, 15) is 9.59 Å². The summed E-state index contributed by atoms with van der Waals surface area (Å²) in [6.07, 6.45) is 10.7. The van der Waals surface area contributed by atoms with Gasteiger partial charge < -0.3 is 15.1 Å². The van der Waals surface area contributed by atoms with Gasteiger partial charge in [-0.2, -0.15) is 0 Å². The Morgan fingerprint density at radius 3 is 2.48 bits per heavy atom. The summed E-state index contributed by atoms with van der Waals surface area (Å²) in [6, 6.07) is 9.90. The molecule has 2 aromatic rings. The number of pyridine rings is 1. The third-order valence-electron chi connectivity index (χ3n) is 8.70. The molecular weight excluding hydrogens is 545 g/mol. The maximum absolute atomic E-state index is 13.6. The Hall–Kier alpha value is -2.19. The van der Waals surface area contributed by atoms with E-state index in [2.05, 4.69) is 15.2 Å². The Morgan fingerprint density at radius 2 is 1.80 bits per heavy atom. The molecule has 2 fully saturated rings. The van der Waals surface area contributed by atoms with Crippen molar-refractivity contribution < 1.29 is 9.59 Å². The number of aromatic nitrogens is 1. The second-order valence-electron chi connectivity index (χ2n) is 11.6. The van der Waals surface area contributed by atoms with Crippen LogP contribution in [0.25, 0.3) is 0 Å². The highest BCUT2D eigenvalue weighted by atomic mass is 35.5. The zero-order valence-corrected chi connectivity index (χ0v) is 25.6. The lowest BCUT2D eigenvalue weighted by atomic mass is 9.80. The topological polar surface area (TPSA) is 68.8 Å². The number of benzene rings is 1. The highest BCUT2D eigenvalue weighted by Gasteiger charge is 2.48. The number of piperidine rings is 2. The van der Waals surface area contributed by atoms with Gasteiger partial charge in [0.05, 0.1) is 16.5 Å². The molecule has 218 valence electrons. The third-order valence-corrected chi connectivity index (χ3v) is 9.44. The second-order valence-corrected chi connectivity index (χ2v) is 12.4. The number of likely N-dealkylation sites (N-methyl/N-ethyl adjacent to an activating group) is 2. The van der Waals surface area contributed by atoms with Crippen molar-refractivity contribution in [1.29, 1.82) is 0 Å². The summed E-state index contributed by atoms with van der Waals surface area (Å²) < 4.78 is 0. The van der Waals surface area contributed by atoms with E-state index in [1.807, 2.05) is 56.4 Å². The van der Waals surface area contributed by atoms with Crippen LogP contribution >= 0.6 is 23.2 Å². The lowest BCUT2D eigenvalue weighted by Crippen LogP contribution is -2.66. The van der Waals surface area contributed by atoms with Crippen molar-refractivity contribution in [3.8, 4) is 0 Å². The van der Waals surface area contributed by atoms with Crippen molar-refractivity contribution in [1.82, 2.24) is 25.0 Å². The molecule has 0 bridgehead atoms. The van der Waals surface area contributed by atoms with E-state index in [1.54, 1.807) is 17.3 Å². The maximum atomic E-state index is 13.6. The number of likely N-dealkylation sites (tertiary alicyclic amines) is 1. The first-order chi connectivity index (χ1) is 19.2. The minimum absolute atomic E-state index is 0.0702. The minimum Gasteiger partial charge on any atom is -0.347 e. The van der Waals surface area contributed by atoms with Crippen molar-refractivity contribution in [2.24, 2.45) is 0 Å². The first-order valence-electron chi connectivity index (χ1n) is 14.5. The zero-order valence-electron chi connectivity index (χ0n) is 24.0. The van der Waals surface area contributed by atoms with Gasteiger partial charge in [0.1, 0.15) is 5.54 Å². The summed E-state index contributed by atoms with van der Waals surface area (Å²) >= 11 is 12.7. The molecule has 4 rings (SSSR count). The monoisotopic (exact) mass is 587 g/mol. The van der Waals surface area contributed by atoms with Crippen molar-refractivity contribution in [3.63, 3.8) is 0 Å². The SMILES string of the molecule is CN(C)C(=O)C1(N2CCCCC2CCC(CN(C)C(=O)Cc2ccncc2)c2ccc(Cl)c(Cl)c2)CCNCC1. The fourth-order valence-corrected chi connectivity index (χ4v) is 6.82. The Balaban J connectivity index is 1.53. The van der Waals surface area contributed by atoms with E-state index in [0.717, 1.165) is 69.3 Å². The largest absolute Gasteiger partial charge is 0.347 e. The normalized spacial score (nSPS) is 20.1. The molecule has 0 radical (unpaired) electrons. The quantitative estimate of drug-likeness (QED) is 0.423. The van der Waals surface area contributed by atoms with Crippen molar-refractivity contribution in [2.75, 3.05) is 47.3 Å². The highest BCUT2D eigenvalue weighted by Crippen LogP contribution is 2.37. The minimum atomic E-state index is -0.448. The number of amides is 2. The molecule has 2 unspecified atom stereocenters. The van der Waals surface area contributed by atoms with Crippen LogP contribution in [0.15, 0.2) is 42.7 Å². The van der Waals surface area contributed by atoms with Gasteiger partial charge in [0.2, 0.25) is 11.8 Å². The molecule has 2 aliphatic heterocycles. The smallest absolute Gasteiger partial charge is 0.242 e. The van der Waals surface area contributed by atoms with Crippen LogP contribution in [0.4, 0.5) is 0 Å². The summed E-state index contributed by atoms with van der Waals surface area (Å²) in [7, 11) is 5.63. The molecule has 1 aromatic heterocycles. The van der Waals surface area contributed by atoms with E-state index in [0.29, 0.717) is 29.1 Å². The van der Waals surface area contributed by atoms with Crippen LogP contribution in [-0.2, 0) is 16.0 Å². The van der Waals surface area contributed by atoms with Gasteiger partial charge in [-0.1, -0.05) is 35.7 Å². The summed E-state index contributed by atoms with van der Waals surface area (Å²) in [5, 5.41) is 4.51. The first kappa shape index (κ1) is 30.8. The van der Waals surface area contributed by atoms with Gasteiger partial charge in [0, 0.05) is 52.0 Å². The van der Waals surface area contributed by atoms with Gasteiger partial charge in [-0.05, 0) is 93.6 Å². The molecule has 0 spiro atoms. The summed E-state index contributed by atoms with van der Waals surface area (Å²) in [5.41, 5.74) is 1.59. The number of hydrogen-bond acceptors (Lipinski definition) is 5. The zero-order chi connectivity index (χ0) is 28.7. The predicted molar refractivity (Wildman–Crippen MR) is 162 cm³/mol. The van der Waals surface area contributed by atoms with Gasteiger partial charge in [-0.3, -0.25) is 19.5 Å². The van der Waals surface area contributed by atoms with E-state index >= 15 is 0 Å². The summed E-state index contributed by atoms with van der Waals surface area (Å²) in [6.45, 7) is 3.25. The van der Waals surface area contributed by atoms with Gasteiger partial charge in [-0.15, -0.1) is 0 Å². The molecule has 2 atom stereocenters. The fourth-order valence-electron chi connectivity index (χ4n) is 6.51. The first-order valence-corrected chi connectivity index (χ1v) is 15.2. The molecule has 0 saturated carbocycles.